The molecule has 0 aromatic heterocycles. The van der Waals surface area contributed by atoms with Crippen LogP contribution in [0.5, 0.6) is 17.2 Å². The van der Waals surface area contributed by atoms with Gasteiger partial charge in [0.1, 0.15) is 29.5 Å². The van der Waals surface area contributed by atoms with Crippen LogP contribution in [0, 0.1) is 13.8 Å². The fourth-order valence-electron chi connectivity index (χ4n) is 5.46. The molecule has 0 saturated heterocycles. The lowest BCUT2D eigenvalue weighted by Gasteiger charge is -2.15. The van der Waals surface area contributed by atoms with Crippen molar-refractivity contribution in [2.45, 2.75) is 57.7 Å². The van der Waals surface area contributed by atoms with Crippen LogP contribution >= 0.6 is 0 Å². The summed E-state index contributed by atoms with van der Waals surface area (Å²) in [6.45, 7) is 5.23. The van der Waals surface area contributed by atoms with Gasteiger partial charge in [0, 0.05) is 29.5 Å². The van der Waals surface area contributed by atoms with Crippen LogP contribution in [0.3, 0.4) is 0 Å². The number of ether oxygens (including phenoxy) is 3. The zero-order chi connectivity index (χ0) is 23.4. The molecule has 3 aromatic rings. The van der Waals surface area contributed by atoms with Crippen LogP contribution in [0.15, 0.2) is 48.5 Å². The normalized spacial score (nSPS) is 18.7. The fourth-order valence-corrected chi connectivity index (χ4v) is 5.46. The second-order valence-electron chi connectivity index (χ2n) is 9.93. The SMILES string of the molecule is Cc1cc2c(c(C)c1-c1cccc(COc3ccc4c(c3)OC[C@H]4CC(=O)O)c1)CC1(CC1)O2. The molecule has 1 spiro atoms. The van der Waals surface area contributed by atoms with Gasteiger partial charge in [-0.2, -0.15) is 0 Å². The number of fused-ring (bicyclic) bond motifs is 2. The lowest BCUT2D eigenvalue weighted by atomic mass is 9.90. The summed E-state index contributed by atoms with van der Waals surface area (Å²) in [6.07, 6.45) is 3.43. The second kappa shape index (κ2) is 7.79. The predicted octanol–water partition coefficient (Wildman–Crippen LogP) is 5.97. The summed E-state index contributed by atoms with van der Waals surface area (Å²) in [4.78, 5) is 11.1. The molecular weight excluding hydrogens is 428 g/mol. The Morgan fingerprint density at radius 2 is 1.97 bits per heavy atom. The first kappa shape index (κ1) is 21.1. The molecule has 0 amide bonds. The van der Waals surface area contributed by atoms with Crippen molar-refractivity contribution < 1.29 is 24.1 Å². The lowest BCUT2D eigenvalue weighted by Crippen LogP contribution is -2.12. The van der Waals surface area contributed by atoms with Gasteiger partial charge >= 0.3 is 5.97 Å². The molecule has 174 valence electrons. The minimum Gasteiger partial charge on any atom is -0.492 e. The zero-order valence-electron chi connectivity index (χ0n) is 19.5. The number of carboxylic acids is 1. The van der Waals surface area contributed by atoms with Gasteiger partial charge in [0.05, 0.1) is 13.0 Å². The van der Waals surface area contributed by atoms with Crippen LogP contribution in [0.1, 0.15) is 53.0 Å². The van der Waals surface area contributed by atoms with Crippen molar-refractivity contribution in [1.82, 2.24) is 0 Å². The highest BCUT2D eigenvalue weighted by Gasteiger charge is 2.50. The number of hydrogen-bond acceptors (Lipinski definition) is 4. The maximum atomic E-state index is 11.1. The summed E-state index contributed by atoms with van der Waals surface area (Å²) >= 11 is 0. The summed E-state index contributed by atoms with van der Waals surface area (Å²) in [5, 5.41) is 9.09. The van der Waals surface area contributed by atoms with Gasteiger partial charge in [0.2, 0.25) is 0 Å². The number of aryl methyl sites for hydroxylation is 1. The van der Waals surface area contributed by atoms with Crippen molar-refractivity contribution in [3.05, 3.63) is 76.3 Å². The molecule has 34 heavy (non-hydrogen) atoms. The lowest BCUT2D eigenvalue weighted by molar-refractivity contribution is -0.137. The number of rotatable bonds is 6. The van der Waals surface area contributed by atoms with Gasteiger partial charge in [-0.25, -0.2) is 0 Å². The van der Waals surface area contributed by atoms with Crippen molar-refractivity contribution in [2.75, 3.05) is 6.61 Å². The molecule has 2 heterocycles. The van der Waals surface area contributed by atoms with Crippen LogP contribution in [-0.4, -0.2) is 23.3 Å². The van der Waals surface area contributed by atoms with E-state index < -0.39 is 5.97 Å². The van der Waals surface area contributed by atoms with Gasteiger partial charge in [-0.15, -0.1) is 0 Å². The Hall–Kier alpha value is -3.47. The number of aliphatic carboxylic acids is 1. The third kappa shape index (κ3) is 3.69. The van der Waals surface area contributed by atoms with Crippen molar-refractivity contribution in [3.63, 3.8) is 0 Å². The largest absolute Gasteiger partial charge is 0.492 e. The van der Waals surface area contributed by atoms with E-state index in [2.05, 4.69) is 44.2 Å². The fraction of sp³-hybridized carbons (Fsp3) is 0.345. The molecule has 1 N–H and O–H groups in total. The van der Waals surface area contributed by atoms with E-state index in [1.54, 1.807) is 0 Å². The van der Waals surface area contributed by atoms with Crippen LogP contribution < -0.4 is 14.2 Å². The molecule has 6 rings (SSSR count). The van der Waals surface area contributed by atoms with Gasteiger partial charge in [0.25, 0.3) is 0 Å². The molecule has 0 unspecified atom stereocenters. The van der Waals surface area contributed by atoms with Gasteiger partial charge in [-0.3, -0.25) is 4.79 Å². The number of hydrogen-bond donors (Lipinski definition) is 1. The summed E-state index contributed by atoms with van der Waals surface area (Å²) in [5.41, 5.74) is 8.53. The molecule has 3 aromatic carbocycles. The monoisotopic (exact) mass is 456 g/mol. The maximum Gasteiger partial charge on any atom is 0.304 e. The quantitative estimate of drug-likeness (QED) is 0.495. The van der Waals surface area contributed by atoms with E-state index in [-0.39, 0.29) is 17.9 Å². The summed E-state index contributed by atoms with van der Waals surface area (Å²) in [6, 6.07) is 16.4. The van der Waals surface area contributed by atoms with Crippen LogP contribution in [0.4, 0.5) is 0 Å². The van der Waals surface area contributed by atoms with Crippen molar-refractivity contribution in [2.24, 2.45) is 0 Å². The Morgan fingerprint density at radius 3 is 2.76 bits per heavy atom. The molecule has 1 saturated carbocycles. The maximum absolute atomic E-state index is 11.1. The number of carbonyl (C=O) groups is 1. The molecule has 2 aliphatic heterocycles. The highest BCUT2D eigenvalue weighted by atomic mass is 16.5. The van der Waals surface area contributed by atoms with Crippen molar-refractivity contribution in [3.8, 4) is 28.4 Å². The van der Waals surface area contributed by atoms with Crippen LogP contribution in [-0.2, 0) is 17.8 Å². The van der Waals surface area contributed by atoms with E-state index >= 15 is 0 Å². The Balaban J connectivity index is 1.20. The van der Waals surface area contributed by atoms with E-state index in [0.29, 0.717) is 13.2 Å². The number of carboxylic acid groups (broad SMARTS) is 1. The average molecular weight is 457 g/mol. The molecule has 5 nitrogen and oxygen atoms in total. The third-order valence-corrected chi connectivity index (χ3v) is 7.41. The van der Waals surface area contributed by atoms with Gasteiger partial charge in [-0.1, -0.05) is 24.3 Å². The molecule has 0 radical (unpaired) electrons. The molecule has 1 atom stereocenters. The van der Waals surface area contributed by atoms with E-state index in [4.69, 9.17) is 19.3 Å². The first-order chi connectivity index (χ1) is 16.4. The minimum absolute atomic E-state index is 0.0780. The highest BCUT2D eigenvalue weighted by Crippen LogP contribution is 2.52. The Morgan fingerprint density at radius 1 is 1.12 bits per heavy atom. The number of benzene rings is 3. The standard InChI is InChI=1S/C29H28O5/c1-17-10-26-24(14-29(34-26)8-9-29)18(2)28(17)20-5-3-4-19(11-20)15-32-22-6-7-23-21(12-27(30)31)16-33-25(23)13-22/h3-7,10-11,13,21H,8-9,12,14-16H2,1-2H3,(H,30,31)/t21-/m1/s1. The first-order valence-corrected chi connectivity index (χ1v) is 11.9. The van der Waals surface area contributed by atoms with E-state index in [1.807, 2.05) is 18.2 Å². The second-order valence-corrected chi connectivity index (χ2v) is 9.93. The van der Waals surface area contributed by atoms with Gasteiger partial charge in [-0.05, 0) is 72.7 Å². The van der Waals surface area contributed by atoms with Crippen LogP contribution in [0.25, 0.3) is 11.1 Å². The van der Waals surface area contributed by atoms with E-state index in [0.717, 1.165) is 47.6 Å². The molecular formula is C29H28O5. The first-order valence-electron chi connectivity index (χ1n) is 11.9. The molecule has 1 fully saturated rings. The summed E-state index contributed by atoms with van der Waals surface area (Å²) < 4.78 is 18.1. The Kier molecular flexibility index (Phi) is 4.83. The van der Waals surface area contributed by atoms with E-state index in [1.165, 1.54) is 27.8 Å². The molecule has 3 aliphatic rings. The summed E-state index contributed by atoms with van der Waals surface area (Å²) in [7, 11) is 0. The van der Waals surface area contributed by atoms with Crippen molar-refractivity contribution in [1.29, 1.82) is 0 Å². The Labute approximate surface area is 199 Å². The third-order valence-electron chi connectivity index (χ3n) is 7.41. The molecule has 5 heteroatoms. The molecule has 0 bridgehead atoms. The molecule has 1 aliphatic carbocycles. The smallest absolute Gasteiger partial charge is 0.304 e. The average Bonchev–Trinajstić information content (AvgIpc) is 3.29. The van der Waals surface area contributed by atoms with Gasteiger partial charge < -0.3 is 19.3 Å². The van der Waals surface area contributed by atoms with E-state index in [9.17, 15) is 4.79 Å². The predicted molar refractivity (Wildman–Crippen MR) is 129 cm³/mol. The zero-order valence-corrected chi connectivity index (χ0v) is 19.5. The summed E-state index contributed by atoms with van der Waals surface area (Å²) in [5.74, 6) is 1.60. The Bertz CT molecular complexity index is 1300. The van der Waals surface area contributed by atoms with Gasteiger partial charge in [0.15, 0.2) is 0 Å². The highest BCUT2D eigenvalue weighted by molar-refractivity contribution is 5.75. The topological polar surface area (TPSA) is 65.0 Å². The van der Waals surface area contributed by atoms with Crippen molar-refractivity contribution >= 4 is 5.97 Å². The van der Waals surface area contributed by atoms with Crippen LogP contribution in [0.2, 0.25) is 0 Å². The minimum atomic E-state index is -0.810.